The summed E-state index contributed by atoms with van der Waals surface area (Å²) in [5.41, 5.74) is -0.265. The van der Waals surface area contributed by atoms with E-state index in [0.29, 0.717) is 6.61 Å². The number of hydrogen-bond donors (Lipinski definition) is 0. The van der Waals surface area contributed by atoms with Gasteiger partial charge >= 0.3 is 5.97 Å². The van der Waals surface area contributed by atoms with Crippen molar-refractivity contribution in [1.82, 2.24) is 0 Å². The van der Waals surface area contributed by atoms with E-state index in [1.54, 1.807) is 13.8 Å². The van der Waals surface area contributed by atoms with Crippen molar-refractivity contribution in [2.45, 2.75) is 65.0 Å². The first-order chi connectivity index (χ1) is 7.26. The summed E-state index contributed by atoms with van der Waals surface area (Å²) in [6.07, 6.45) is 1.04. The topological polar surface area (TPSA) is 44.8 Å². The van der Waals surface area contributed by atoms with Gasteiger partial charge in [0.15, 0.2) is 5.79 Å². The van der Waals surface area contributed by atoms with Crippen molar-refractivity contribution in [3.63, 3.8) is 0 Å². The standard InChI is InChI=1S/C12H22O4/c1-6-14-10(13)8-12(5)15-9(2)7-11(3,4)16-12/h9H,6-8H2,1-5H3. The van der Waals surface area contributed by atoms with Crippen LogP contribution in [0.2, 0.25) is 0 Å². The van der Waals surface area contributed by atoms with Gasteiger partial charge < -0.3 is 14.2 Å². The highest BCUT2D eigenvalue weighted by molar-refractivity contribution is 5.70. The van der Waals surface area contributed by atoms with E-state index < -0.39 is 5.79 Å². The van der Waals surface area contributed by atoms with E-state index in [9.17, 15) is 4.79 Å². The third-order valence-electron chi connectivity index (χ3n) is 2.49. The van der Waals surface area contributed by atoms with Crippen molar-refractivity contribution >= 4 is 5.97 Å². The van der Waals surface area contributed by atoms with Gasteiger partial charge in [0.2, 0.25) is 0 Å². The molecule has 0 bridgehead atoms. The SMILES string of the molecule is CCOC(=O)CC1(C)OC(C)CC(C)(C)O1. The van der Waals surface area contributed by atoms with Crippen LogP contribution in [0.5, 0.6) is 0 Å². The Labute approximate surface area is 97.2 Å². The largest absolute Gasteiger partial charge is 0.466 e. The lowest BCUT2D eigenvalue weighted by atomic mass is 9.97. The molecule has 1 aliphatic rings. The van der Waals surface area contributed by atoms with Crippen LogP contribution in [0, 0.1) is 0 Å². The van der Waals surface area contributed by atoms with Crippen LogP contribution < -0.4 is 0 Å². The van der Waals surface area contributed by atoms with Gasteiger partial charge in [0.25, 0.3) is 0 Å². The molecule has 0 aliphatic carbocycles. The van der Waals surface area contributed by atoms with E-state index in [1.807, 2.05) is 20.8 Å². The Hall–Kier alpha value is -0.610. The van der Waals surface area contributed by atoms with Crippen LogP contribution in [0.15, 0.2) is 0 Å². The fourth-order valence-electron chi connectivity index (χ4n) is 2.36. The number of esters is 1. The van der Waals surface area contributed by atoms with Gasteiger partial charge in [-0.3, -0.25) is 4.79 Å². The molecule has 1 saturated heterocycles. The average Bonchev–Trinajstić information content (AvgIpc) is 1.96. The fourth-order valence-corrected chi connectivity index (χ4v) is 2.36. The van der Waals surface area contributed by atoms with Crippen molar-refractivity contribution in [2.24, 2.45) is 0 Å². The second-order valence-corrected chi connectivity index (χ2v) is 5.11. The molecule has 4 heteroatoms. The first-order valence-corrected chi connectivity index (χ1v) is 5.80. The molecular formula is C12H22O4. The Morgan fingerprint density at radius 1 is 1.44 bits per heavy atom. The lowest BCUT2D eigenvalue weighted by molar-refractivity contribution is -0.331. The first kappa shape index (κ1) is 13.5. The van der Waals surface area contributed by atoms with Gasteiger partial charge in [-0.25, -0.2) is 0 Å². The van der Waals surface area contributed by atoms with Crippen LogP contribution in [-0.4, -0.2) is 30.1 Å². The van der Waals surface area contributed by atoms with E-state index in [-0.39, 0.29) is 24.1 Å². The fraction of sp³-hybridized carbons (Fsp3) is 0.917. The maximum atomic E-state index is 11.5. The quantitative estimate of drug-likeness (QED) is 0.698. The van der Waals surface area contributed by atoms with Crippen molar-refractivity contribution in [1.29, 1.82) is 0 Å². The Morgan fingerprint density at radius 2 is 2.06 bits per heavy atom. The molecule has 16 heavy (non-hydrogen) atoms. The predicted octanol–water partition coefficient (Wildman–Crippen LogP) is 2.26. The molecule has 0 radical (unpaired) electrons. The van der Waals surface area contributed by atoms with Crippen molar-refractivity contribution in [2.75, 3.05) is 6.61 Å². The molecule has 1 heterocycles. The molecule has 0 aromatic carbocycles. The first-order valence-electron chi connectivity index (χ1n) is 5.80. The van der Waals surface area contributed by atoms with Gasteiger partial charge in [-0.1, -0.05) is 0 Å². The monoisotopic (exact) mass is 230 g/mol. The van der Waals surface area contributed by atoms with Crippen LogP contribution in [0.25, 0.3) is 0 Å². The Balaban J connectivity index is 2.65. The van der Waals surface area contributed by atoms with Crippen molar-refractivity contribution < 1.29 is 19.0 Å². The molecule has 0 spiro atoms. The van der Waals surface area contributed by atoms with Gasteiger partial charge in [-0.15, -0.1) is 0 Å². The third kappa shape index (κ3) is 3.76. The summed E-state index contributed by atoms with van der Waals surface area (Å²) in [5.74, 6) is -1.15. The molecule has 0 N–H and O–H groups in total. The molecule has 0 aromatic rings. The molecule has 0 aromatic heterocycles. The number of carbonyl (C=O) groups excluding carboxylic acids is 1. The van der Waals surface area contributed by atoms with Crippen LogP contribution in [0.1, 0.15) is 47.5 Å². The summed E-state index contributed by atoms with van der Waals surface area (Å²) in [7, 11) is 0. The van der Waals surface area contributed by atoms with Crippen LogP contribution in [0.4, 0.5) is 0 Å². The lowest BCUT2D eigenvalue weighted by Gasteiger charge is -2.45. The highest BCUT2D eigenvalue weighted by Gasteiger charge is 2.43. The van der Waals surface area contributed by atoms with Crippen LogP contribution >= 0.6 is 0 Å². The highest BCUT2D eigenvalue weighted by atomic mass is 16.7. The van der Waals surface area contributed by atoms with Crippen molar-refractivity contribution in [3.8, 4) is 0 Å². The number of ether oxygens (including phenoxy) is 3. The summed E-state index contributed by atoms with van der Waals surface area (Å²) >= 11 is 0. The van der Waals surface area contributed by atoms with Gasteiger partial charge in [0.1, 0.15) is 0 Å². The molecule has 4 nitrogen and oxygen atoms in total. The zero-order valence-corrected chi connectivity index (χ0v) is 10.8. The van der Waals surface area contributed by atoms with Crippen LogP contribution in [0.3, 0.4) is 0 Å². The Morgan fingerprint density at radius 3 is 2.56 bits per heavy atom. The lowest BCUT2D eigenvalue weighted by Crippen LogP contribution is -2.51. The van der Waals surface area contributed by atoms with Crippen LogP contribution in [-0.2, 0) is 19.0 Å². The zero-order valence-electron chi connectivity index (χ0n) is 10.8. The number of rotatable bonds is 3. The van der Waals surface area contributed by atoms with Gasteiger partial charge in [-0.2, -0.15) is 0 Å². The molecule has 0 saturated carbocycles. The minimum absolute atomic E-state index is 0.0863. The Bertz CT molecular complexity index is 262. The molecule has 1 fully saturated rings. The van der Waals surface area contributed by atoms with Gasteiger partial charge in [-0.05, 0) is 34.6 Å². The molecule has 2 unspecified atom stereocenters. The summed E-state index contributed by atoms with van der Waals surface area (Å²) < 4.78 is 16.4. The summed E-state index contributed by atoms with van der Waals surface area (Å²) in [5, 5.41) is 0. The molecule has 94 valence electrons. The summed E-state index contributed by atoms with van der Waals surface area (Å²) in [6, 6.07) is 0. The predicted molar refractivity (Wildman–Crippen MR) is 60.0 cm³/mol. The van der Waals surface area contributed by atoms with E-state index >= 15 is 0 Å². The summed E-state index contributed by atoms with van der Waals surface area (Å²) in [6.45, 7) is 9.98. The number of carbonyl (C=O) groups is 1. The maximum absolute atomic E-state index is 11.5. The minimum Gasteiger partial charge on any atom is -0.466 e. The second kappa shape index (κ2) is 4.72. The van der Waals surface area contributed by atoms with E-state index in [2.05, 4.69) is 0 Å². The number of hydrogen-bond acceptors (Lipinski definition) is 4. The molecule has 2 atom stereocenters. The zero-order chi connectivity index (χ0) is 12.4. The molecular weight excluding hydrogens is 208 g/mol. The maximum Gasteiger partial charge on any atom is 0.311 e. The third-order valence-corrected chi connectivity index (χ3v) is 2.49. The highest BCUT2D eigenvalue weighted by Crippen LogP contribution is 2.35. The van der Waals surface area contributed by atoms with E-state index in [0.717, 1.165) is 6.42 Å². The summed E-state index contributed by atoms with van der Waals surface area (Å²) in [4.78, 5) is 11.5. The molecule has 0 amide bonds. The average molecular weight is 230 g/mol. The van der Waals surface area contributed by atoms with Gasteiger partial charge in [0.05, 0.1) is 24.7 Å². The molecule has 1 aliphatic heterocycles. The Kier molecular flexibility index (Phi) is 3.97. The van der Waals surface area contributed by atoms with E-state index in [4.69, 9.17) is 14.2 Å². The van der Waals surface area contributed by atoms with Crippen molar-refractivity contribution in [3.05, 3.63) is 0 Å². The normalized spacial score (nSPS) is 33.4. The van der Waals surface area contributed by atoms with E-state index in [1.165, 1.54) is 0 Å². The van der Waals surface area contributed by atoms with Gasteiger partial charge in [0, 0.05) is 6.42 Å². The molecule has 1 rings (SSSR count). The second-order valence-electron chi connectivity index (χ2n) is 5.11. The minimum atomic E-state index is -0.868. The smallest absolute Gasteiger partial charge is 0.311 e.